The van der Waals surface area contributed by atoms with Gasteiger partial charge in [-0.1, -0.05) is 42.5 Å². The van der Waals surface area contributed by atoms with E-state index in [1.165, 1.54) is 40.1 Å². The zero-order valence-corrected chi connectivity index (χ0v) is 15.9. The van der Waals surface area contributed by atoms with Crippen molar-refractivity contribution in [2.75, 3.05) is 7.05 Å². The summed E-state index contributed by atoms with van der Waals surface area (Å²) in [6.07, 6.45) is 1.74. The van der Waals surface area contributed by atoms with Gasteiger partial charge in [0.25, 0.3) is 5.91 Å². The molecule has 1 aliphatic rings. The monoisotopic (exact) mass is 395 g/mol. The molecule has 0 radical (unpaired) electrons. The molecule has 0 unspecified atom stereocenters. The molecular formula is C20H14FN3OS2. The third-order valence-corrected chi connectivity index (χ3v) is 5.72. The molecule has 1 amide bonds. The lowest BCUT2D eigenvalue weighted by Gasteiger charge is -2.05. The van der Waals surface area contributed by atoms with Crippen molar-refractivity contribution in [3.63, 3.8) is 0 Å². The number of carbonyl (C=O) groups is 1. The molecule has 4 nitrogen and oxygen atoms in total. The van der Waals surface area contributed by atoms with Crippen LogP contribution in [0.4, 0.5) is 9.52 Å². The van der Waals surface area contributed by atoms with Gasteiger partial charge in [-0.2, -0.15) is 4.99 Å². The van der Waals surface area contributed by atoms with Crippen molar-refractivity contribution in [3.8, 4) is 11.3 Å². The Labute approximate surface area is 164 Å². The summed E-state index contributed by atoms with van der Waals surface area (Å²) in [5, 5.41) is 3.12. The maximum atomic E-state index is 13.0. The highest BCUT2D eigenvalue weighted by Crippen LogP contribution is 2.34. The summed E-state index contributed by atoms with van der Waals surface area (Å²) in [7, 11) is 1.69. The van der Waals surface area contributed by atoms with Gasteiger partial charge in [-0.25, -0.2) is 9.37 Å². The summed E-state index contributed by atoms with van der Waals surface area (Å²) in [4.78, 5) is 23.6. The van der Waals surface area contributed by atoms with Crippen LogP contribution < -0.4 is 0 Å². The van der Waals surface area contributed by atoms with Gasteiger partial charge < -0.3 is 0 Å². The van der Waals surface area contributed by atoms with Gasteiger partial charge in [0.15, 0.2) is 5.17 Å². The zero-order chi connectivity index (χ0) is 18.8. The molecule has 1 fully saturated rings. The van der Waals surface area contributed by atoms with Crippen molar-refractivity contribution in [2.24, 2.45) is 4.99 Å². The van der Waals surface area contributed by atoms with Crippen LogP contribution in [0.3, 0.4) is 0 Å². The Morgan fingerprint density at radius 2 is 1.85 bits per heavy atom. The predicted octanol–water partition coefficient (Wildman–Crippen LogP) is 5.18. The number of nitrogens with zero attached hydrogens (tertiary/aromatic N) is 3. The van der Waals surface area contributed by atoms with Crippen LogP contribution in [0.2, 0.25) is 0 Å². The fourth-order valence-electron chi connectivity index (χ4n) is 2.50. The smallest absolute Gasteiger partial charge is 0.266 e. The molecule has 4 rings (SSSR count). The summed E-state index contributed by atoms with van der Waals surface area (Å²) in [5.41, 5.74) is 2.65. The highest BCUT2D eigenvalue weighted by molar-refractivity contribution is 8.18. The molecule has 0 bridgehead atoms. The van der Waals surface area contributed by atoms with Crippen LogP contribution in [-0.2, 0) is 4.79 Å². The van der Waals surface area contributed by atoms with Crippen molar-refractivity contribution in [1.29, 1.82) is 0 Å². The first kappa shape index (κ1) is 17.6. The van der Waals surface area contributed by atoms with Gasteiger partial charge in [0, 0.05) is 18.0 Å². The maximum Gasteiger partial charge on any atom is 0.266 e. The fraction of sp³-hybridized carbons (Fsp3) is 0.0500. The minimum atomic E-state index is -0.306. The van der Waals surface area contributed by atoms with E-state index in [9.17, 15) is 9.18 Å². The van der Waals surface area contributed by atoms with Crippen LogP contribution in [0.1, 0.15) is 5.56 Å². The Balaban J connectivity index is 1.58. The van der Waals surface area contributed by atoms with Crippen molar-refractivity contribution in [2.45, 2.75) is 0 Å². The van der Waals surface area contributed by atoms with Crippen LogP contribution in [-0.4, -0.2) is 28.0 Å². The first-order valence-electron chi connectivity index (χ1n) is 8.13. The van der Waals surface area contributed by atoms with Crippen LogP contribution in [0, 0.1) is 5.82 Å². The number of thioether (sulfide) groups is 1. The summed E-state index contributed by atoms with van der Waals surface area (Å²) in [5.74, 6) is -0.442. The lowest BCUT2D eigenvalue weighted by molar-refractivity contribution is -0.121. The van der Waals surface area contributed by atoms with Gasteiger partial charge in [0.05, 0.1) is 10.6 Å². The Kier molecular flexibility index (Phi) is 4.87. The quantitative estimate of drug-likeness (QED) is 0.574. The Bertz CT molecular complexity index is 1040. The van der Waals surface area contributed by atoms with E-state index in [0.717, 1.165) is 16.8 Å². The van der Waals surface area contributed by atoms with E-state index < -0.39 is 0 Å². The third kappa shape index (κ3) is 3.84. The van der Waals surface area contributed by atoms with Gasteiger partial charge in [-0.3, -0.25) is 9.69 Å². The number of amides is 1. The summed E-state index contributed by atoms with van der Waals surface area (Å²) in [6, 6.07) is 15.9. The molecule has 3 aromatic rings. The zero-order valence-electron chi connectivity index (χ0n) is 14.3. The number of likely N-dealkylation sites (N-methyl/N-ethyl adjacent to an activating group) is 1. The van der Waals surface area contributed by atoms with E-state index >= 15 is 0 Å². The molecule has 27 heavy (non-hydrogen) atoms. The van der Waals surface area contributed by atoms with E-state index in [4.69, 9.17) is 0 Å². The number of thiazole rings is 1. The largest absolute Gasteiger partial charge is 0.289 e. The van der Waals surface area contributed by atoms with E-state index in [2.05, 4.69) is 9.98 Å². The molecule has 134 valence electrons. The number of carbonyl (C=O) groups excluding carboxylic acids is 1. The highest BCUT2D eigenvalue weighted by atomic mass is 32.2. The van der Waals surface area contributed by atoms with Gasteiger partial charge in [-0.05, 0) is 35.5 Å². The SMILES string of the molecule is CN1C(=O)/C(=C/c2ccc(F)cc2)S/C1=N/c1nc(-c2ccccc2)cs1. The number of hydrogen-bond donors (Lipinski definition) is 0. The Morgan fingerprint density at radius 1 is 1.11 bits per heavy atom. The first-order chi connectivity index (χ1) is 13.1. The first-order valence-corrected chi connectivity index (χ1v) is 9.82. The number of aromatic nitrogens is 1. The van der Waals surface area contributed by atoms with Gasteiger partial charge in [-0.15, -0.1) is 11.3 Å². The molecule has 0 atom stereocenters. The summed E-state index contributed by atoms with van der Waals surface area (Å²) in [6.45, 7) is 0. The normalized spacial score (nSPS) is 17.3. The van der Waals surface area contributed by atoms with Crippen LogP contribution in [0.5, 0.6) is 0 Å². The molecule has 7 heteroatoms. The number of halogens is 1. The summed E-state index contributed by atoms with van der Waals surface area (Å²) >= 11 is 2.72. The second-order valence-corrected chi connectivity index (χ2v) is 7.65. The van der Waals surface area contributed by atoms with Gasteiger partial charge in [0.2, 0.25) is 5.13 Å². The predicted molar refractivity (Wildman–Crippen MR) is 109 cm³/mol. The van der Waals surface area contributed by atoms with Crippen LogP contribution in [0.25, 0.3) is 17.3 Å². The van der Waals surface area contributed by atoms with Crippen molar-refractivity contribution in [3.05, 3.63) is 76.3 Å². The van der Waals surface area contributed by atoms with E-state index in [1.807, 2.05) is 35.7 Å². The molecule has 1 aromatic heterocycles. The maximum absolute atomic E-state index is 13.0. The van der Waals surface area contributed by atoms with Crippen molar-refractivity contribution < 1.29 is 9.18 Å². The minimum Gasteiger partial charge on any atom is -0.289 e. The van der Waals surface area contributed by atoms with Crippen molar-refractivity contribution in [1.82, 2.24) is 9.88 Å². The average molecular weight is 395 g/mol. The third-order valence-electron chi connectivity index (χ3n) is 3.92. The number of benzene rings is 2. The highest BCUT2D eigenvalue weighted by Gasteiger charge is 2.30. The van der Waals surface area contributed by atoms with Crippen molar-refractivity contribution >= 4 is 45.4 Å². The Morgan fingerprint density at radius 3 is 2.59 bits per heavy atom. The van der Waals surface area contributed by atoms with E-state index in [0.29, 0.717) is 15.2 Å². The number of rotatable bonds is 3. The standard InChI is InChI=1S/C20H14FN3OS2/c1-24-18(25)17(11-13-7-9-15(21)10-8-13)27-20(24)23-19-22-16(12-26-19)14-5-3-2-4-6-14/h2-12H,1H3/b17-11-,23-20+. The molecule has 0 spiro atoms. The molecular weight excluding hydrogens is 381 g/mol. The van der Waals surface area contributed by atoms with E-state index in [-0.39, 0.29) is 11.7 Å². The molecule has 0 saturated carbocycles. The van der Waals surface area contributed by atoms with Gasteiger partial charge in [0.1, 0.15) is 5.82 Å². The fourth-order valence-corrected chi connectivity index (χ4v) is 4.22. The molecule has 0 N–H and O–H groups in total. The molecule has 2 aromatic carbocycles. The van der Waals surface area contributed by atoms with Gasteiger partial charge >= 0.3 is 0 Å². The molecule has 1 aliphatic heterocycles. The average Bonchev–Trinajstić information content (AvgIpc) is 3.26. The second-order valence-electron chi connectivity index (χ2n) is 5.80. The molecule has 1 saturated heterocycles. The minimum absolute atomic E-state index is 0.136. The second kappa shape index (κ2) is 7.46. The lowest BCUT2D eigenvalue weighted by atomic mass is 10.2. The van der Waals surface area contributed by atoms with E-state index in [1.54, 1.807) is 25.3 Å². The topological polar surface area (TPSA) is 45.6 Å². The van der Waals surface area contributed by atoms with Crippen LogP contribution in [0.15, 0.2) is 69.9 Å². The van der Waals surface area contributed by atoms with Crippen LogP contribution >= 0.6 is 23.1 Å². The summed E-state index contributed by atoms with van der Waals surface area (Å²) < 4.78 is 13.0. The molecule has 2 heterocycles. The number of amidine groups is 1. The molecule has 0 aliphatic carbocycles. The number of hydrogen-bond acceptors (Lipinski definition) is 5. The lowest BCUT2D eigenvalue weighted by Crippen LogP contribution is -2.23. The number of aliphatic imine (C=N–C) groups is 1. The Hall–Kier alpha value is -2.77.